The summed E-state index contributed by atoms with van der Waals surface area (Å²) < 4.78 is 24.2. The van der Waals surface area contributed by atoms with E-state index < -0.39 is 49.7 Å². The monoisotopic (exact) mass is 652 g/mol. The molecule has 1 aliphatic heterocycles. The maximum atomic E-state index is 13.2. The molecule has 3 aromatic carbocycles. The molecule has 1 fully saturated rings. The van der Waals surface area contributed by atoms with Gasteiger partial charge in [-0.05, 0) is 0 Å². The Morgan fingerprint density at radius 3 is 1.71 bits per heavy atom. The number of esters is 3. The zero-order chi connectivity index (χ0) is 29.7. The standard InChI is InChI=1S/C33H37AsO7S/c1-3-20-34(21-4-2)42-29-22-27(40-32(36)25-16-10-6-11-17-25)30(41-33(37)26-18-12-7-13-19-26)28(39-29)23-38-31(35)24-14-8-5-9-15-24/h5-19,27-30H,3-4,20-23H2,1-2H3/t27-,28-,29+,30+/m1/s1. The summed E-state index contributed by atoms with van der Waals surface area (Å²) in [5.41, 5.74) is 0.880. The molecule has 1 aliphatic rings. The van der Waals surface area contributed by atoms with Crippen molar-refractivity contribution in [2.45, 2.75) is 67.3 Å². The molecule has 0 aliphatic carbocycles. The third kappa shape index (κ3) is 9.22. The topological polar surface area (TPSA) is 88.1 Å². The molecule has 0 saturated carbocycles. The van der Waals surface area contributed by atoms with Crippen molar-refractivity contribution in [3.05, 3.63) is 108 Å². The van der Waals surface area contributed by atoms with Gasteiger partial charge in [0.2, 0.25) is 0 Å². The minimum atomic E-state index is -1.29. The van der Waals surface area contributed by atoms with E-state index in [1.54, 1.807) is 72.8 Å². The summed E-state index contributed by atoms with van der Waals surface area (Å²) >= 11 is -1.29. The molecule has 3 aromatic rings. The molecule has 0 radical (unpaired) electrons. The molecule has 1 saturated heterocycles. The second-order valence-corrected chi connectivity index (χ2v) is 18.5. The van der Waals surface area contributed by atoms with Gasteiger partial charge < -0.3 is 0 Å². The van der Waals surface area contributed by atoms with E-state index in [1.807, 2.05) is 28.2 Å². The molecule has 0 amide bonds. The number of ether oxygens (including phenoxy) is 4. The summed E-state index contributed by atoms with van der Waals surface area (Å²) in [6.07, 6.45) is -0.0505. The summed E-state index contributed by atoms with van der Waals surface area (Å²) in [5.74, 6) is -1.59. The Labute approximate surface area is 255 Å². The second kappa shape index (κ2) is 16.5. The molecule has 4 rings (SSSR count). The molecule has 0 unspecified atom stereocenters. The van der Waals surface area contributed by atoms with E-state index in [2.05, 4.69) is 13.8 Å². The molecule has 0 bridgehead atoms. The summed E-state index contributed by atoms with van der Waals surface area (Å²) in [4.78, 5) is 39.3. The number of hydrogen-bond donors (Lipinski definition) is 0. The fourth-order valence-corrected chi connectivity index (χ4v) is 14.3. The van der Waals surface area contributed by atoms with Gasteiger partial charge in [0.05, 0.1) is 0 Å². The first-order valence-electron chi connectivity index (χ1n) is 14.3. The van der Waals surface area contributed by atoms with Gasteiger partial charge in [0.25, 0.3) is 0 Å². The first-order chi connectivity index (χ1) is 20.5. The summed E-state index contributed by atoms with van der Waals surface area (Å²) in [7, 11) is 1.84. The van der Waals surface area contributed by atoms with E-state index in [-0.39, 0.29) is 12.0 Å². The SMILES string of the molecule is CCC[As](CCC)S[C@H]1C[C@@H](OC(=O)c2ccccc2)[C@H](OC(=O)c2ccccc2)[C@@H](COC(=O)c2ccccc2)O1. The van der Waals surface area contributed by atoms with Crippen LogP contribution in [-0.4, -0.2) is 61.8 Å². The Bertz CT molecular complexity index is 1270. The van der Waals surface area contributed by atoms with Gasteiger partial charge in [0.1, 0.15) is 0 Å². The number of hydrogen-bond acceptors (Lipinski definition) is 8. The molecule has 0 N–H and O–H groups in total. The van der Waals surface area contributed by atoms with Gasteiger partial charge in [0.15, 0.2) is 0 Å². The predicted molar refractivity (Wildman–Crippen MR) is 165 cm³/mol. The number of benzene rings is 3. The minimum absolute atomic E-state index is 0.161. The van der Waals surface area contributed by atoms with Crippen LogP contribution in [0.5, 0.6) is 0 Å². The average molecular weight is 653 g/mol. The van der Waals surface area contributed by atoms with Crippen molar-refractivity contribution in [3.63, 3.8) is 0 Å². The average Bonchev–Trinajstić information content (AvgIpc) is 3.02. The van der Waals surface area contributed by atoms with Crippen LogP contribution in [0.4, 0.5) is 0 Å². The summed E-state index contributed by atoms with van der Waals surface area (Å²) in [6.45, 7) is 4.22. The number of carbonyl (C=O) groups excluding carboxylic acids is 3. The van der Waals surface area contributed by atoms with Gasteiger partial charge in [-0.2, -0.15) is 0 Å². The van der Waals surface area contributed by atoms with Crippen LogP contribution in [0.2, 0.25) is 10.4 Å². The van der Waals surface area contributed by atoms with Crippen LogP contribution in [0.3, 0.4) is 0 Å². The van der Waals surface area contributed by atoms with Crippen molar-refractivity contribution in [2.75, 3.05) is 6.61 Å². The van der Waals surface area contributed by atoms with Crippen molar-refractivity contribution in [1.82, 2.24) is 0 Å². The molecule has 7 nitrogen and oxygen atoms in total. The first-order valence-corrected chi connectivity index (χ1v) is 20.1. The fourth-order valence-electron chi connectivity index (χ4n) is 4.60. The second-order valence-electron chi connectivity index (χ2n) is 9.88. The van der Waals surface area contributed by atoms with Crippen molar-refractivity contribution in [1.29, 1.82) is 0 Å². The van der Waals surface area contributed by atoms with Gasteiger partial charge in [0, 0.05) is 0 Å². The van der Waals surface area contributed by atoms with Gasteiger partial charge in [-0.25, -0.2) is 0 Å². The Balaban J connectivity index is 1.61. The molecule has 0 aromatic heterocycles. The third-order valence-corrected chi connectivity index (χ3v) is 16.7. The number of rotatable bonds is 13. The predicted octanol–water partition coefficient (Wildman–Crippen LogP) is 6.95. The van der Waals surface area contributed by atoms with Crippen molar-refractivity contribution >= 4 is 41.4 Å². The third-order valence-electron chi connectivity index (χ3n) is 6.61. The molecule has 0 spiro atoms. The molecular formula is C33H37AsO7S. The van der Waals surface area contributed by atoms with E-state index in [4.69, 9.17) is 18.9 Å². The van der Waals surface area contributed by atoms with E-state index in [0.717, 1.165) is 12.8 Å². The Morgan fingerprint density at radius 1 is 0.738 bits per heavy atom. The van der Waals surface area contributed by atoms with Gasteiger partial charge in [-0.3, -0.25) is 0 Å². The fraction of sp³-hybridized carbons (Fsp3) is 0.364. The van der Waals surface area contributed by atoms with Gasteiger partial charge >= 0.3 is 256 Å². The van der Waals surface area contributed by atoms with E-state index in [1.165, 1.54) is 10.4 Å². The van der Waals surface area contributed by atoms with E-state index in [0.29, 0.717) is 23.1 Å². The first kappa shape index (κ1) is 31.9. The molecular weight excluding hydrogens is 615 g/mol. The normalized spacial score (nSPS) is 20.1. The van der Waals surface area contributed by atoms with Crippen LogP contribution in [-0.2, 0) is 18.9 Å². The summed E-state index contributed by atoms with van der Waals surface area (Å²) in [5, 5.41) is 2.33. The van der Waals surface area contributed by atoms with E-state index in [9.17, 15) is 14.4 Å². The number of carbonyl (C=O) groups is 3. The van der Waals surface area contributed by atoms with Crippen molar-refractivity contribution in [2.24, 2.45) is 0 Å². The van der Waals surface area contributed by atoms with Crippen LogP contribution in [0, 0.1) is 0 Å². The van der Waals surface area contributed by atoms with Crippen molar-refractivity contribution in [3.8, 4) is 0 Å². The molecule has 42 heavy (non-hydrogen) atoms. The zero-order valence-electron chi connectivity index (χ0n) is 23.9. The molecule has 1 heterocycles. The molecule has 4 atom stereocenters. The van der Waals surface area contributed by atoms with Crippen LogP contribution in [0.25, 0.3) is 0 Å². The van der Waals surface area contributed by atoms with Crippen LogP contribution in [0.1, 0.15) is 64.2 Å². The van der Waals surface area contributed by atoms with Crippen LogP contribution >= 0.6 is 10.0 Å². The van der Waals surface area contributed by atoms with E-state index >= 15 is 0 Å². The van der Waals surface area contributed by atoms with Crippen LogP contribution < -0.4 is 0 Å². The Morgan fingerprint density at radius 2 is 1.21 bits per heavy atom. The Hall–Kier alpha value is -3.06. The zero-order valence-corrected chi connectivity index (χ0v) is 26.6. The molecule has 9 heteroatoms. The quantitative estimate of drug-likeness (QED) is 0.111. The Kier molecular flexibility index (Phi) is 12.6. The maximum absolute atomic E-state index is 13.2. The van der Waals surface area contributed by atoms with Gasteiger partial charge in [-0.15, -0.1) is 0 Å². The van der Waals surface area contributed by atoms with Gasteiger partial charge in [-0.1, -0.05) is 0 Å². The van der Waals surface area contributed by atoms with Crippen molar-refractivity contribution < 1.29 is 33.3 Å². The van der Waals surface area contributed by atoms with Crippen LogP contribution in [0.15, 0.2) is 91.0 Å². The summed E-state index contributed by atoms with van der Waals surface area (Å²) in [6, 6.07) is 26.0. The molecule has 222 valence electrons.